The summed E-state index contributed by atoms with van der Waals surface area (Å²) >= 11 is 4.27. The molecule has 0 spiro atoms. The van der Waals surface area contributed by atoms with Crippen molar-refractivity contribution in [1.29, 1.82) is 0 Å². The van der Waals surface area contributed by atoms with E-state index in [4.69, 9.17) is 4.79 Å². The number of carbonyl (C=O) groups excluding carboxylic acids is 1. The summed E-state index contributed by atoms with van der Waals surface area (Å²) in [6.07, 6.45) is 8.67. The molecule has 0 aromatic carbocycles. The molecule has 0 aromatic rings. The number of hydrogen-bond acceptors (Lipinski definition) is 2. The Labute approximate surface area is 81.0 Å². The first-order valence-corrected chi connectivity index (χ1v) is 4.55. The third-order valence-corrected chi connectivity index (χ3v) is 1.72. The van der Waals surface area contributed by atoms with Gasteiger partial charge >= 0.3 is 0 Å². The largest absolute Gasteiger partial charge is 0.307 e. The molecule has 0 radical (unpaired) electrons. The summed E-state index contributed by atoms with van der Waals surface area (Å²) in [7, 11) is 0. The van der Waals surface area contributed by atoms with Crippen molar-refractivity contribution in [1.82, 2.24) is 0 Å². The van der Waals surface area contributed by atoms with Crippen molar-refractivity contribution in [3.63, 3.8) is 0 Å². The Morgan fingerprint density at radius 1 is 1.42 bits per heavy atom. The van der Waals surface area contributed by atoms with Gasteiger partial charge < -0.3 is 4.79 Å². The van der Waals surface area contributed by atoms with E-state index in [0.717, 1.165) is 11.3 Å². The highest BCUT2D eigenvalue weighted by Crippen LogP contribution is 2.11. The third-order valence-electron chi connectivity index (χ3n) is 1.35. The molecule has 0 heterocycles. The van der Waals surface area contributed by atoms with E-state index in [1.165, 1.54) is 19.3 Å². The molecule has 0 rings (SSSR count). The summed E-state index contributed by atoms with van der Waals surface area (Å²) in [5.41, 5.74) is 0. The summed E-state index contributed by atoms with van der Waals surface area (Å²) in [6, 6.07) is 0. The molecule has 0 amide bonds. The molecule has 12 heavy (non-hydrogen) atoms. The zero-order valence-corrected chi connectivity index (χ0v) is 8.65. The van der Waals surface area contributed by atoms with E-state index in [2.05, 4.69) is 26.1 Å². The second-order valence-corrected chi connectivity index (χ2v) is 2.93. The standard InChI is InChI=1S/C9H16S.CH2O/c1-3-5-6-8-9(10)7-4-2;1-2/h4,7,10H,2-3,5-6,8H2,1H3;1H2/b9-7-;. The van der Waals surface area contributed by atoms with Crippen LogP contribution in [-0.2, 0) is 4.79 Å². The van der Waals surface area contributed by atoms with Crippen molar-refractivity contribution in [3.05, 3.63) is 23.6 Å². The molecule has 1 nitrogen and oxygen atoms in total. The van der Waals surface area contributed by atoms with E-state index in [-0.39, 0.29) is 0 Å². The van der Waals surface area contributed by atoms with Crippen molar-refractivity contribution >= 4 is 19.4 Å². The minimum atomic E-state index is 1.10. The van der Waals surface area contributed by atoms with E-state index in [1.807, 2.05) is 12.9 Å². The average molecular weight is 186 g/mol. The molecule has 2 heteroatoms. The van der Waals surface area contributed by atoms with Crippen molar-refractivity contribution in [2.24, 2.45) is 0 Å². The number of allylic oxidation sites excluding steroid dienone is 3. The van der Waals surface area contributed by atoms with Gasteiger partial charge in [0.1, 0.15) is 6.79 Å². The van der Waals surface area contributed by atoms with E-state index in [0.29, 0.717) is 0 Å². The number of thiol groups is 1. The molecule has 0 bridgehead atoms. The zero-order chi connectivity index (χ0) is 9.82. The highest BCUT2D eigenvalue weighted by Gasteiger charge is 1.88. The van der Waals surface area contributed by atoms with Crippen LogP contribution < -0.4 is 0 Å². The molecular formula is C10H18OS. The summed E-state index contributed by atoms with van der Waals surface area (Å²) < 4.78 is 0. The van der Waals surface area contributed by atoms with E-state index < -0.39 is 0 Å². The molecule has 0 aliphatic rings. The topological polar surface area (TPSA) is 17.1 Å². The quantitative estimate of drug-likeness (QED) is 0.396. The molecule has 0 aliphatic heterocycles. The van der Waals surface area contributed by atoms with Crippen LogP contribution in [0.25, 0.3) is 0 Å². The lowest BCUT2D eigenvalue weighted by atomic mass is 10.2. The Bertz CT molecular complexity index is 130. The van der Waals surface area contributed by atoms with Crippen LogP contribution in [0.3, 0.4) is 0 Å². The minimum Gasteiger partial charge on any atom is -0.307 e. The van der Waals surface area contributed by atoms with Crippen LogP contribution in [0, 0.1) is 0 Å². The number of carbonyl (C=O) groups is 1. The lowest BCUT2D eigenvalue weighted by molar-refractivity contribution is -0.0979. The first-order chi connectivity index (χ1) is 5.81. The molecule has 0 unspecified atom stereocenters. The lowest BCUT2D eigenvalue weighted by Crippen LogP contribution is -1.74. The van der Waals surface area contributed by atoms with Gasteiger partial charge in [0.05, 0.1) is 0 Å². The summed E-state index contributed by atoms with van der Waals surface area (Å²) in [4.78, 5) is 9.14. The van der Waals surface area contributed by atoms with Crippen molar-refractivity contribution in [3.8, 4) is 0 Å². The van der Waals surface area contributed by atoms with Gasteiger partial charge in [0.25, 0.3) is 0 Å². The highest BCUT2D eigenvalue weighted by atomic mass is 32.1. The number of unbranched alkanes of at least 4 members (excludes halogenated alkanes) is 2. The predicted molar refractivity (Wildman–Crippen MR) is 58.5 cm³/mol. The Morgan fingerprint density at radius 2 is 2.00 bits per heavy atom. The Morgan fingerprint density at radius 3 is 2.42 bits per heavy atom. The normalized spacial score (nSPS) is 10.0. The Hall–Kier alpha value is -0.500. The highest BCUT2D eigenvalue weighted by molar-refractivity contribution is 7.84. The fourth-order valence-electron chi connectivity index (χ4n) is 0.775. The van der Waals surface area contributed by atoms with Gasteiger partial charge in [0, 0.05) is 0 Å². The summed E-state index contributed by atoms with van der Waals surface area (Å²) in [6.45, 7) is 7.81. The van der Waals surface area contributed by atoms with Gasteiger partial charge in [-0.25, -0.2) is 0 Å². The maximum absolute atomic E-state index is 8.00. The maximum atomic E-state index is 8.00. The lowest BCUT2D eigenvalue weighted by Gasteiger charge is -1.96. The van der Waals surface area contributed by atoms with E-state index >= 15 is 0 Å². The van der Waals surface area contributed by atoms with Gasteiger partial charge in [-0.3, -0.25) is 0 Å². The fraction of sp³-hybridized carbons (Fsp3) is 0.500. The molecule has 0 aliphatic carbocycles. The predicted octanol–water partition coefficient (Wildman–Crippen LogP) is 3.38. The second-order valence-electron chi connectivity index (χ2n) is 2.35. The van der Waals surface area contributed by atoms with Gasteiger partial charge in [-0.05, 0) is 17.7 Å². The second kappa shape index (κ2) is 13.1. The molecule has 70 valence electrons. The molecule has 0 fully saturated rings. The van der Waals surface area contributed by atoms with Gasteiger partial charge in [-0.1, -0.05) is 38.5 Å². The summed E-state index contributed by atoms with van der Waals surface area (Å²) in [5, 5.41) is 0. The van der Waals surface area contributed by atoms with Gasteiger partial charge in [0.2, 0.25) is 0 Å². The molecule has 0 saturated heterocycles. The Balaban J connectivity index is 0. The van der Waals surface area contributed by atoms with Crippen LogP contribution in [0.4, 0.5) is 0 Å². The Kier molecular flexibility index (Phi) is 15.4. The molecule has 0 atom stereocenters. The number of rotatable bonds is 5. The van der Waals surface area contributed by atoms with E-state index in [9.17, 15) is 0 Å². The number of hydrogen-bond donors (Lipinski definition) is 1. The van der Waals surface area contributed by atoms with E-state index in [1.54, 1.807) is 6.08 Å². The monoisotopic (exact) mass is 186 g/mol. The van der Waals surface area contributed by atoms with Crippen molar-refractivity contribution in [2.45, 2.75) is 32.6 Å². The third kappa shape index (κ3) is 12.2. The van der Waals surface area contributed by atoms with Crippen LogP contribution in [0.2, 0.25) is 0 Å². The molecule has 0 aromatic heterocycles. The first-order valence-electron chi connectivity index (χ1n) is 4.10. The first kappa shape index (κ1) is 14.0. The molecule has 0 saturated carbocycles. The van der Waals surface area contributed by atoms with Crippen LogP contribution in [0.15, 0.2) is 23.6 Å². The average Bonchev–Trinajstić information content (AvgIpc) is 2.09. The maximum Gasteiger partial charge on any atom is 0.106 e. The van der Waals surface area contributed by atoms with Crippen molar-refractivity contribution < 1.29 is 4.79 Å². The van der Waals surface area contributed by atoms with Crippen LogP contribution in [0.1, 0.15) is 32.6 Å². The molecule has 0 N–H and O–H groups in total. The van der Waals surface area contributed by atoms with Gasteiger partial charge in [-0.2, -0.15) is 0 Å². The van der Waals surface area contributed by atoms with Crippen LogP contribution >= 0.6 is 12.6 Å². The summed E-state index contributed by atoms with van der Waals surface area (Å²) in [5.74, 6) is 0. The fourth-order valence-corrected chi connectivity index (χ4v) is 1.04. The van der Waals surface area contributed by atoms with Crippen molar-refractivity contribution in [2.75, 3.05) is 0 Å². The molecular weight excluding hydrogens is 168 g/mol. The smallest absolute Gasteiger partial charge is 0.106 e. The van der Waals surface area contributed by atoms with Crippen LogP contribution in [-0.4, -0.2) is 6.79 Å². The zero-order valence-electron chi connectivity index (χ0n) is 7.75. The SMILES string of the molecule is C=C/C=C(\S)CCCCC.C=O. The van der Waals surface area contributed by atoms with Gasteiger partial charge in [0.15, 0.2) is 0 Å². The van der Waals surface area contributed by atoms with Gasteiger partial charge in [-0.15, -0.1) is 12.6 Å². The minimum absolute atomic E-state index is 1.10. The van der Waals surface area contributed by atoms with Crippen LogP contribution in [0.5, 0.6) is 0 Å².